The standard InChI is InChI=1S/C34H50F3NO2/c1-28(2)14-16-33(11-9-12-34(35,36)37)17-15-32(7)26(21(33)19-28)23(39)18-25-30(5)20-22(38-8)27(40)29(3,4)24(30)10-13-31(25,32)6/h21,24-26,40H,9-20H2,1-7H3/t21-,24-,25+,26-,30-,31+,32+,33+/m0/s1. The lowest BCUT2D eigenvalue weighted by atomic mass is 9.31. The summed E-state index contributed by atoms with van der Waals surface area (Å²) in [6.07, 6.45) is 3.44. The molecule has 0 aromatic heterocycles. The summed E-state index contributed by atoms with van der Waals surface area (Å²) in [5, 5.41) is 11.1. The second-order valence-corrected chi connectivity index (χ2v) is 16.7. The van der Waals surface area contributed by atoms with Crippen molar-refractivity contribution in [1.29, 1.82) is 0 Å². The van der Waals surface area contributed by atoms with Gasteiger partial charge < -0.3 is 5.11 Å². The van der Waals surface area contributed by atoms with Gasteiger partial charge in [-0.3, -0.25) is 4.79 Å². The van der Waals surface area contributed by atoms with E-state index in [2.05, 4.69) is 53.3 Å². The molecule has 224 valence electrons. The van der Waals surface area contributed by atoms with Gasteiger partial charge in [0.1, 0.15) is 11.5 Å². The molecular weight excluding hydrogens is 511 g/mol. The molecule has 0 heterocycles. The van der Waals surface area contributed by atoms with E-state index in [1.807, 2.05) is 0 Å². The molecule has 0 amide bonds. The highest BCUT2D eigenvalue weighted by Gasteiger charge is 2.72. The fraction of sp³-hybridized carbons (Fsp3) is 0.882. The van der Waals surface area contributed by atoms with Crippen LogP contribution in [0.2, 0.25) is 0 Å². The minimum atomic E-state index is -4.14. The van der Waals surface area contributed by atoms with Gasteiger partial charge in [0.05, 0.1) is 6.57 Å². The topological polar surface area (TPSA) is 41.7 Å². The van der Waals surface area contributed by atoms with E-state index in [0.717, 1.165) is 44.9 Å². The first-order valence-electron chi connectivity index (χ1n) is 15.7. The van der Waals surface area contributed by atoms with E-state index in [1.165, 1.54) is 0 Å². The molecule has 4 saturated carbocycles. The van der Waals surface area contributed by atoms with Gasteiger partial charge in [-0.1, -0.05) is 48.5 Å². The van der Waals surface area contributed by atoms with Crippen molar-refractivity contribution in [3.8, 4) is 0 Å². The normalized spacial score (nSPS) is 46.0. The van der Waals surface area contributed by atoms with Gasteiger partial charge in [0.15, 0.2) is 0 Å². The summed E-state index contributed by atoms with van der Waals surface area (Å²) in [5.41, 5.74) is -0.747. The largest absolute Gasteiger partial charge is 0.523 e. The summed E-state index contributed by atoms with van der Waals surface area (Å²) in [6, 6.07) is 0. The third-order valence-electron chi connectivity index (χ3n) is 14.0. The number of allylic oxidation sites excluding steroid dienone is 2. The van der Waals surface area contributed by atoms with Crippen LogP contribution < -0.4 is 0 Å². The van der Waals surface area contributed by atoms with Crippen LogP contribution in [0.3, 0.4) is 0 Å². The van der Waals surface area contributed by atoms with Crippen LogP contribution in [0.25, 0.3) is 4.85 Å². The molecule has 8 atom stereocenters. The van der Waals surface area contributed by atoms with Gasteiger partial charge in [-0.2, -0.15) is 13.2 Å². The van der Waals surface area contributed by atoms with Crippen LogP contribution >= 0.6 is 0 Å². The Labute approximate surface area is 239 Å². The fourth-order valence-electron chi connectivity index (χ4n) is 11.8. The van der Waals surface area contributed by atoms with E-state index < -0.39 is 18.0 Å². The molecule has 0 saturated heterocycles. The predicted molar refractivity (Wildman–Crippen MR) is 151 cm³/mol. The molecule has 3 nitrogen and oxygen atoms in total. The van der Waals surface area contributed by atoms with Crippen LogP contribution in [0.4, 0.5) is 13.2 Å². The quantitative estimate of drug-likeness (QED) is 0.348. The molecule has 0 aromatic carbocycles. The maximum atomic E-state index is 14.6. The van der Waals surface area contributed by atoms with Crippen molar-refractivity contribution in [2.24, 2.45) is 56.2 Å². The van der Waals surface area contributed by atoms with Crippen LogP contribution in [-0.4, -0.2) is 17.1 Å². The van der Waals surface area contributed by atoms with Gasteiger partial charge in [0.2, 0.25) is 5.70 Å². The highest BCUT2D eigenvalue weighted by molar-refractivity contribution is 5.84. The summed E-state index contributed by atoms with van der Waals surface area (Å²) >= 11 is 0. The predicted octanol–water partition coefficient (Wildman–Crippen LogP) is 10.1. The number of aliphatic hydroxyl groups is 1. The molecule has 1 N–H and O–H groups in total. The number of halogens is 3. The van der Waals surface area contributed by atoms with Crippen LogP contribution in [-0.2, 0) is 4.79 Å². The van der Waals surface area contributed by atoms with Crippen LogP contribution in [0.15, 0.2) is 11.5 Å². The van der Waals surface area contributed by atoms with E-state index in [9.17, 15) is 23.1 Å². The molecule has 5 aliphatic rings. The summed E-state index contributed by atoms with van der Waals surface area (Å²) < 4.78 is 39.6. The number of carbonyl (C=O) groups is 1. The van der Waals surface area contributed by atoms with Gasteiger partial charge in [-0.25, -0.2) is 4.85 Å². The molecule has 5 aliphatic carbocycles. The van der Waals surface area contributed by atoms with Gasteiger partial charge in [-0.15, -0.1) is 0 Å². The van der Waals surface area contributed by atoms with Gasteiger partial charge >= 0.3 is 6.18 Å². The Bertz CT molecular complexity index is 1150. The Morgan fingerprint density at radius 1 is 0.950 bits per heavy atom. The number of Topliss-reactive ketones (excluding diaryl/α,β-unsaturated/α-hetero) is 1. The number of ketones is 1. The van der Waals surface area contributed by atoms with Gasteiger partial charge in [0.25, 0.3) is 0 Å². The van der Waals surface area contributed by atoms with Gasteiger partial charge in [0, 0.05) is 24.2 Å². The number of alkyl halides is 3. The Morgan fingerprint density at radius 3 is 2.23 bits per heavy atom. The first-order chi connectivity index (χ1) is 18.3. The Morgan fingerprint density at radius 2 is 1.60 bits per heavy atom. The molecule has 0 bridgehead atoms. The number of rotatable bonds is 3. The number of nitrogens with zero attached hydrogens (tertiary/aromatic N) is 1. The zero-order valence-electron chi connectivity index (χ0n) is 25.7. The molecule has 40 heavy (non-hydrogen) atoms. The average molecular weight is 562 g/mol. The number of hydrogen-bond acceptors (Lipinski definition) is 2. The van der Waals surface area contributed by atoms with E-state index in [0.29, 0.717) is 30.7 Å². The van der Waals surface area contributed by atoms with Crippen molar-refractivity contribution in [3.63, 3.8) is 0 Å². The maximum absolute atomic E-state index is 14.6. The number of fused-ring (bicyclic) bond motifs is 7. The van der Waals surface area contributed by atoms with E-state index >= 15 is 0 Å². The second-order valence-electron chi connectivity index (χ2n) is 16.7. The Hall–Kier alpha value is -1.51. The highest BCUT2D eigenvalue weighted by Crippen LogP contribution is 2.77. The molecule has 4 fully saturated rings. The summed E-state index contributed by atoms with van der Waals surface area (Å²) in [4.78, 5) is 18.3. The van der Waals surface area contributed by atoms with Crippen molar-refractivity contribution in [1.82, 2.24) is 0 Å². The first kappa shape index (κ1) is 30.0. The third-order valence-corrected chi connectivity index (χ3v) is 14.0. The smallest absolute Gasteiger partial charge is 0.389 e. The van der Waals surface area contributed by atoms with Crippen LogP contribution in [0.1, 0.15) is 126 Å². The van der Waals surface area contributed by atoms with E-state index in [1.54, 1.807) is 0 Å². The minimum Gasteiger partial charge on any atom is -0.523 e. The lowest BCUT2D eigenvalue weighted by Crippen LogP contribution is -2.68. The SMILES string of the molecule is [C-]#[N+]C1=C(O)C(C)(C)[C@@H]2CC[C@]3(C)[C@H](CC(=O)[C@@H]4[C@@H]5CC(C)(C)CC[C@]5(CCCC(F)(F)F)CC[C@]43C)[C@@]2(C)C1. The Kier molecular flexibility index (Phi) is 6.74. The third kappa shape index (κ3) is 4.13. The zero-order chi connectivity index (χ0) is 29.7. The van der Waals surface area contributed by atoms with Crippen molar-refractivity contribution in [2.45, 2.75) is 132 Å². The number of carbonyl (C=O) groups excluding carboxylic acids is 1. The van der Waals surface area contributed by atoms with Crippen LogP contribution in [0, 0.1) is 62.7 Å². The molecule has 6 heteroatoms. The number of aliphatic hydroxyl groups excluding tert-OH is 1. The molecule has 5 rings (SSSR count). The summed E-state index contributed by atoms with van der Waals surface area (Å²) in [6.45, 7) is 23.5. The molecular formula is C34H50F3NO2. The molecule has 0 radical (unpaired) electrons. The monoisotopic (exact) mass is 561 g/mol. The second kappa shape index (κ2) is 9.00. The van der Waals surface area contributed by atoms with Crippen molar-refractivity contribution < 1.29 is 23.1 Å². The lowest BCUT2D eigenvalue weighted by Gasteiger charge is -2.72. The average Bonchev–Trinajstić information content (AvgIpc) is 2.82. The first-order valence-corrected chi connectivity index (χ1v) is 15.7. The minimum absolute atomic E-state index is 0.0817. The highest BCUT2D eigenvalue weighted by atomic mass is 19.4. The summed E-state index contributed by atoms with van der Waals surface area (Å²) in [5.74, 6) is 0.862. The lowest BCUT2D eigenvalue weighted by molar-refractivity contribution is -0.232. The summed E-state index contributed by atoms with van der Waals surface area (Å²) in [7, 11) is 0. The maximum Gasteiger partial charge on any atom is 0.389 e. The van der Waals surface area contributed by atoms with Crippen molar-refractivity contribution in [3.05, 3.63) is 22.9 Å². The zero-order valence-corrected chi connectivity index (χ0v) is 25.7. The molecule has 0 spiro atoms. The Balaban J connectivity index is 1.55. The number of hydrogen-bond donors (Lipinski definition) is 1. The van der Waals surface area contributed by atoms with E-state index in [4.69, 9.17) is 6.57 Å². The van der Waals surface area contributed by atoms with E-state index in [-0.39, 0.29) is 62.9 Å². The molecule has 0 unspecified atom stereocenters. The molecule has 0 aromatic rings. The van der Waals surface area contributed by atoms with Crippen LogP contribution in [0.5, 0.6) is 0 Å². The molecule has 0 aliphatic heterocycles. The van der Waals surface area contributed by atoms with Crippen molar-refractivity contribution >= 4 is 5.78 Å². The fourth-order valence-corrected chi connectivity index (χ4v) is 11.8. The van der Waals surface area contributed by atoms with Gasteiger partial charge in [-0.05, 0) is 109 Å². The van der Waals surface area contributed by atoms with Crippen molar-refractivity contribution in [2.75, 3.05) is 0 Å².